The van der Waals surface area contributed by atoms with Crippen LogP contribution in [-0.4, -0.2) is 35.9 Å². The van der Waals surface area contributed by atoms with Crippen LogP contribution in [0.15, 0.2) is 12.1 Å². The third-order valence-electron chi connectivity index (χ3n) is 3.47. The lowest BCUT2D eigenvalue weighted by molar-refractivity contribution is -0.384. The second kappa shape index (κ2) is 5.66. The number of carbonyl (C=O) groups excluding carboxylic acids is 1. The molecule has 1 atom stereocenters. The van der Waals surface area contributed by atoms with Gasteiger partial charge in [0.1, 0.15) is 5.69 Å². The molecule has 0 saturated carbocycles. The Morgan fingerprint density at radius 3 is 2.75 bits per heavy atom. The van der Waals surface area contributed by atoms with Gasteiger partial charge in [0.2, 0.25) is 0 Å². The lowest BCUT2D eigenvalue weighted by Crippen LogP contribution is -2.28. The number of anilines is 1. The fraction of sp³-hybridized carbons (Fsp3) is 0.462. The van der Waals surface area contributed by atoms with Gasteiger partial charge in [0.15, 0.2) is 0 Å². The molecule has 1 heterocycles. The maximum absolute atomic E-state index is 12.3. The van der Waals surface area contributed by atoms with Crippen molar-refractivity contribution in [2.45, 2.75) is 13.3 Å². The van der Waals surface area contributed by atoms with Crippen LogP contribution >= 0.6 is 11.6 Å². The molecule has 1 N–H and O–H groups in total. The summed E-state index contributed by atoms with van der Waals surface area (Å²) in [5, 5.41) is 13.9. The fourth-order valence-electron chi connectivity index (χ4n) is 2.41. The first-order valence-corrected chi connectivity index (χ1v) is 6.76. The van der Waals surface area contributed by atoms with Crippen LogP contribution in [0.3, 0.4) is 0 Å². The van der Waals surface area contributed by atoms with Crippen LogP contribution in [0.1, 0.15) is 23.7 Å². The predicted molar refractivity (Wildman–Crippen MR) is 77.3 cm³/mol. The summed E-state index contributed by atoms with van der Waals surface area (Å²) >= 11 is 6.02. The molecule has 1 fully saturated rings. The molecule has 1 unspecified atom stereocenters. The Kier molecular flexibility index (Phi) is 4.13. The number of carbonyl (C=O) groups is 1. The van der Waals surface area contributed by atoms with Gasteiger partial charge in [0.25, 0.3) is 11.6 Å². The van der Waals surface area contributed by atoms with Crippen molar-refractivity contribution in [2.75, 3.05) is 25.5 Å². The van der Waals surface area contributed by atoms with Crippen molar-refractivity contribution in [1.82, 2.24) is 4.90 Å². The number of nitro benzene ring substituents is 1. The molecule has 1 aliphatic heterocycles. The highest BCUT2D eigenvalue weighted by molar-refractivity contribution is 6.34. The maximum Gasteiger partial charge on any atom is 0.294 e. The molecule has 0 radical (unpaired) electrons. The molecule has 20 heavy (non-hydrogen) atoms. The topological polar surface area (TPSA) is 75.5 Å². The molecule has 0 aliphatic carbocycles. The minimum Gasteiger partial charge on any atom is -0.381 e. The van der Waals surface area contributed by atoms with Gasteiger partial charge in [-0.2, -0.15) is 0 Å². The lowest BCUT2D eigenvalue weighted by Gasteiger charge is -2.16. The summed E-state index contributed by atoms with van der Waals surface area (Å²) in [5.74, 6) is 0.253. The van der Waals surface area contributed by atoms with E-state index >= 15 is 0 Å². The molecule has 1 aliphatic rings. The van der Waals surface area contributed by atoms with Crippen LogP contribution in [0.2, 0.25) is 5.02 Å². The molecule has 1 aromatic carbocycles. The zero-order chi connectivity index (χ0) is 14.9. The number of hydrogen-bond donors (Lipinski definition) is 1. The number of likely N-dealkylation sites (tertiary alicyclic amines) is 1. The molecule has 7 heteroatoms. The minimum absolute atomic E-state index is 0.178. The third kappa shape index (κ3) is 2.70. The second-order valence-corrected chi connectivity index (χ2v) is 5.41. The van der Waals surface area contributed by atoms with E-state index in [0.717, 1.165) is 6.42 Å². The van der Waals surface area contributed by atoms with Gasteiger partial charge in [-0.1, -0.05) is 18.5 Å². The Balaban J connectivity index is 2.37. The van der Waals surface area contributed by atoms with Crippen LogP contribution < -0.4 is 5.32 Å². The van der Waals surface area contributed by atoms with E-state index in [4.69, 9.17) is 11.6 Å². The Morgan fingerprint density at radius 2 is 2.25 bits per heavy atom. The number of amides is 1. The first-order chi connectivity index (χ1) is 9.43. The zero-order valence-corrected chi connectivity index (χ0v) is 12.1. The van der Waals surface area contributed by atoms with Gasteiger partial charge >= 0.3 is 0 Å². The first kappa shape index (κ1) is 14.6. The molecule has 1 amide bonds. The van der Waals surface area contributed by atoms with Crippen LogP contribution in [-0.2, 0) is 0 Å². The molecule has 1 aromatic rings. The van der Waals surface area contributed by atoms with E-state index in [9.17, 15) is 14.9 Å². The van der Waals surface area contributed by atoms with Crippen molar-refractivity contribution in [3.05, 3.63) is 32.8 Å². The largest absolute Gasteiger partial charge is 0.381 e. The van der Waals surface area contributed by atoms with Crippen molar-refractivity contribution in [3.63, 3.8) is 0 Å². The second-order valence-electron chi connectivity index (χ2n) is 5.00. The number of rotatable bonds is 3. The molecule has 108 valence electrons. The van der Waals surface area contributed by atoms with E-state index in [-0.39, 0.29) is 27.9 Å². The summed E-state index contributed by atoms with van der Waals surface area (Å²) in [4.78, 5) is 24.6. The number of nitrogens with one attached hydrogen (secondary N) is 1. The van der Waals surface area contributed by atoms with E-state index in [0.29, 0.717) is 19.0 Å². The Bertz CT molecular complexity index is 562. The molecule has 0 aromatic heterocycles. The Hall–Kier alpha value is -1.82. The van der Waals surface area contributed by atoms with E-state index in [1.807, 2.05) is 0 Å². The normalized spacial score (nSPS) is 18.1. The molecule has 0 spiro atoms. The number of benzene rings is 1. The number of hydrogen-bond acceptors (Lipinski definition) is 4. The van der Waals surface area contributed by atoms with Crippen molar-refractivity contribution < 1.29 is 9.72 Å². The maximum atomic E-state index is 12.3. The van der Waals surface area contributed by atoms with Gasteiger partial charge in [-0.05, 0) is 18.4 Å². The molecule has 1 saturated heterocycles. The molecule has 2 rings (SSSR count). The zero-order valence-electron chi connectivity index (χ0n) is 11.4. The highest BCUT2D eigenvalue weighted by Crippen LogP contribution is 2.34. The van der Waals surface area contributed by atoms with Gasteiger partial charge in [-0.15, -0.1) is 0 Å². The summed E-state index contributed by atoms with van der Waals surface area (Å²) in [6, 6.07) is 2.76. The van der Waals surface area contributed by atoms with Crippen LogP contribution in [0, 0.1) is 16.0 Å². The summed E-state index contributed by atoms with van der Waals surface area (Å²) in [6.45, 7) is 3.43. The summed E-state index contributed by atoms with van der Waals surface area (Å²) in [7, 11) is 1.55. The summed E-state index contributed by atoms with van der Waals surface area (Å²) in [5.41, 5.74) is 0.299. The number of nitrogens with zero attached hydrogens (tertiary/aromatic N) is 2. The average molecular weight is 298 g/mol. The lowest BCUT2D eigenvalue weighted by atomic mass is 10.1. The standard InChI is InChI=1S/C13H16ClN3O3/c1-8-3-4-16(7-8)13(18)9-5-10(14)12(15-2)11(6-9)17(19)20/h5-6,8,15H,3-4,7H2,1-2H3. The molecular weight excluding hydrogens is 282 g/mol. The van der Waals surface area contributed by atoms with Gasteiger partial charge in [0, 0.05) is 31.8 Å². The third-order valence-corrected chi connectivity index (χ3v) is 3.77. The molecular formula is C13H16ClN3O3. The van der Waals surface area contributed by atoms with Gasteiger partial charge in [0.05, 0.1) is 9.95 Å². The van der Waals surface area contributed by atoms with Gasteiger partial charge in [-0.25, -0.2) is 0 Å². The molecule has 0 bridgehead atoms. The smallest absolute Gasteiger partial charge is 0.294 e. The van der Waals surface area contributed by atoms with E-state index in [2.05, 4.69) is 12.2 Å². The monoisotopic (exact) mass is 297 g/mol. The van der Waals surface area contributed by atoms with Crippen LogP contribution in [0.25, 0.3) is 0 Å². The molecule has 6 nitrogen and oxygen atoms in total. The number of halogens is 1. The van der Waals surface area contributed by atoms with Crippen molar-refractivity contribution >= 4 is 28.9 Å². The van der Waals surface area contributed by atoms with Crippen molar-refractivity contribution in [3.8, 4) is 0 Å². The van der Waals surface area contributed by atoms with E-state index in [1.54, 1.807) is 11.9 Å². The van der Waals surface area contributed by atoms with Crippen molar-refractivity contribution in [2.24, 2.45) is 5.92 Å². The highest BCUT2D eigenvalue weighted by atomic mass is 35.5. The summed E-state index contributed by atoms with van der Waals surface area (Å²) < 4.78 is 0. The SMILES string of the molecule is CNc1c(Cl)cc(C(=O)N2CCC(C)C2)cc1[N+](=O)[O-]. The summed E-state index contributed by atoms with van der Waals surface area (Å²) in [6.07, 6.45) is 0.955. The van der Waals surface area contributed by atoms with Crippen molar-refractivity contribution in [1.29, 1.82) is 0 Å². The number of nitro groups is 1. The minimum atomic E-state index is -0.541. The fourth-order valence-corrected chi connectivity index (χ4v) is 2.72. The average Bonchev–Trinajstić information content (AvgIpc) is 2.83. The predicted octanol–water partition coefficient (Wildman–Crippen LogP) is 2.77. The van der Waals surface area contributed by atoms with Crippen LogP contribution in [0.5, 0.6) is 0 Å². The van der Waals surface area contributed by atoms with E-state index in [1.165, 1.54) is 12.1 Å². The first-order valence-electron chi connectivity index (χ1n) is 6.39. The Labute approximate surface area is 121 Å². The van der Waals surface area contributed by atoms with E-state index < -0.39 is 4.92 Å². The Morgan fingerprint density at radius 1 is 1.55 bits per heavy atom. The van der Waals surface area contributed by atoms with Gasteiger partial charge < -0.3 is 10.2 Å². The van der Waals surface area contributed by atoms with Gasteiger partial charge in [-0.3, -0.25) is 14.9 Å². The quantitative estimate of drug-likeness (QED) is 0.687. The van der Waals surface area contributed by atoms with Crippen LogP contribution in [0.4, 0.5) is 11.4 Å². The highest BCUT2D eigenvalue weighted by Gasteiger charge is 2.27.